The fraction of sp³-hybridized carbons (Fsp3) is 0.0833. The van der Waals surface area contributed by atoms with E-state index in [9.17, 15) is 9.90 Å². The zero-order chi connectivity index (χ0) is 21.1. The van der Waals surface area contributed by atoms with Gasteiger partial charge in [-0.2, -0.15) is 0 Å². The Hall–Kier alpha value is -4.06. The van der Waals surface area contributed by atoms with Gasteiger partial charge in [0.2, 0.25) is 0 Å². The van der Waals surface area contributed by atoms with Crippen molar-refractivity contribution in [3.63, 3.8) is 0 Å². The first-order valence-electron chi connectivity index (χ1n) is 9.33. The molecular formula is C24H20N2O4. The summed E-state index contributed by atoms with van der Waals surface area (Å²) in [6, 6.07) is 19.7. The van der Waals surface area contributed by atoms with Crippen LogP contribution in [0.1, 0.15) is 11.4 Å². The fourth-order valence-electron chi connectivity index (χ4n) is 3.31. The molecule has 0 radical (unpaired) electrons. The van der Waals surface area contributed by atoms with Gasteiger partial charge in [0.1, 0.15) is 11.6 Å². The third kappa shape index (κ3) is 3.39. The minimum Gasteiger partial charge on any atom is -0.504 e. The van der Waals surface area contributed by atoms with Gasteiger partial charge >= 0.3 is 0 Å². The van der Waals surface area contributed by atoms with Crippen molar-refractivity contribution in [2.24, 2.45) is 0 Å². The summed E-state index contributed by atoms with van der Waals surface area (Å²) in [5.41, 5.74) is 1.50. The molecule has 0 saturated heterocycles. The molecule has 0 unspecified atom stereocenters. The number of rotatable bonds is 5. The molecule has 0 spiro atoms. The summed E-state index contributed by atoms with van der Waals surface area (Å²) in [6.45, 7) is 0. The minimum atomic E-state index is -0.209. The molecule has 6 heteroatoms. The predicted octanol–water partition coefficient (Wildman–Crippen LogP) is 4.28. The summed E-state index contributed by atoms with van der Waals surface area (Å²) in [5.74, 6) is 1.34. The van der Waals surface area contributed by atoms with Gasteiger partial charge in [0, 0.05) is 5.56 Å². The van der Waals surface area contributed by atoms with Crippen molar-refractivity contribution in [3.05, 3.63) is 88.5 Å². The van der Waals surface area contributed by atoms with Gasteiger partial charge < -0.3 is 14.6 Å². The van der Waals surface area contributed by atoms with E-state index >= 15 is 0 Å². The zero-order valence-electron chi connectivity index (χ0n) is 16.6. The van der Waals surface area contributed by atoms with Gasteiger partial charge in [-0.15, -0.1) is 0 Å². The summed E-state index contributed by atoms with van der Waals surface area (Å²) in [4.78, 5) is 18.0. The minimum absolute atomic E-state index is 0.0169. The molecule has 0 aliphatic carbocycles. The highest BCUT2D eigenvalue weighted by atomic mass is 16.5. The molecule has 1 heterocycles. The molecule has 1 N–H and O–H groups in total. The number of hydrogen-bond acceptors (Lipinski definition) is 5. The Kier molecular flexibility index (Phi) is 5.22. The van der Waals surface area contributed by atoms with Crippen molar-refractivity contribution in [2.75, 3.05) is 14.2 Å². The van der Waals surface area contributed by atoms with Crippen molar-refractivity contribution in [2.45, 2.75) is 0 Å². The Labute approximate surface area is 173 Å². The lowest BCUT2D eigenvalue weighted by Gasteiger charge is -2.14. The molecular weight excluding hydrogens is 380 g/mol. The van der Waals surface area contributed by atoms with Gasteiger partial charge in [0.25, 0.3) is 5.56 Å². The molecule has 0 fully saturated rings. The normalized spacial score (nSPS) is 11.1. The summed E-state index contributed by atoms with van der Waals surface area (Å²) >= 11 is 0. The van der Waals surface area contributed by atoms with Crippen molar-refractivity contribution < 1.29 is 14.6 Å². The molecule has 0 bridgehead atoms. The molecule has 0 amide bonds. The van der Waals surface area contributed by atoms with Crippen molar-refractivity contribution in [3.8, 4) is 22.9 Å². The van der Waals surface area contributed by atoms with Crippen LogP contribution >= 0.6 is 0 Å². The van der Waals surface area contributed by atoms with E-state index in [1.807, 2.05) is 24.3 Å². The van der Waals surface area contributed by atoms with Gasteiger partial charge in [0.05, 0.1) is 30.8 Å². The van der Waals surface area contributed by atoms with Crippen LogP contribution in [0.3, 0.4) is 0 Å². The number of nitrogens with zero attached hydrogens (tertiary/aromatic N) is 2. The van der Waals surface area contributed by atoms with Crippen LogP contribution in [0, 0.1) is 0 Å². The lowest BCUT2D eigenvalue weighted by atomic mass is 10.1. The molecule has 3 aromatic carbocycles. The van der Waals surface area contributed by atoms with Crippen LogP contribution in [0.5, 0.6) is 17.2 Å². The van der Waals surface area contributed by atoms with Crippen molar-refractivity contribution >= 4 is 23.1 Å². The number of para-hydroxylation sites is 4. The molecule has 0 atom stereocenters. The zero-order valence-corrected chi connectivity index (χ0v) is 16.6. The van der Waals surface area contributed by atoms with Crippen LogP contribution in [-0.4, -0.2) is 28.9 Å². The second kappa shape index (κ2) is 8.13. The highest BCUT2D eigenvalue weighted by Gasteiger charge is 2.14. The molecule has 0 saturated carbocycles. The lowest BCUT2D eigenvalue weighted by molar-refractivity contribution is 0.373. The monoisotopic (exact) mass is 400 g/mol. The summed E-state index contributed by atoms with van der Waals surface area (Å²) in [7, 11) is 3.05. The number of aromatic hydroxyl groups is 1. The first-order chi connectivity index (χ1) is 14.6. The van der Waals surface area contributed by atoms with Crippen LogP contribution in [0.15, 0.2) is 71.5 Å². The number of ether oxygens (including phenoxy) is 2. The lowest BCUT2D eigenvalue weighted by Crippen LogP contribution is -2.22. The first-order valence-corrected chi connectivity index (χ1v) is 9.33. The second-order valence-electron chi connectivity index (χ2n) is 6.53. The van der Waals surface area contributed by atoms with E-state index in [2.05, 4.69) is 4.98 Å². The molecule has 4 rings (SSSR count). The number of methoxy groups -OCH3 is 2. The number of fused-ring (bicyclic) bond motifs is 1. The number of hydrogen-bond donors (Lipinski definition) is 1. The highest BCUT2D eigenvalue weighted by molar-refractivity contribution is 5.81. The molecule has 150 valence electrons. The Balaban J connectivity index is 1.96. The molecule has 30 heavy (non-hydrogen) atoms. The highest BCUT2D eigenvalue weighted by Crippen LogP contribution is 2.31. The molecule has 0 aliphatic rings. The number of aromatic nitrogens is 2. The summed E-state index contributed by atoms with van der Waals surface area (Å²) in [6.07, 6.45) is 3.38. The Bertz CT molecular complexity index is 1310. The van der Waals surface area contributed by atoms with Crippen molar-refractivity contribution in [1.82, 2.24) is 9.55 Å². The summed E-state index contributed by atoms with van der Waals surface area (Å²) < 4.78 is 12.1. The topological polar surface area (TPSA) is 73.6 Å². The predicted molar refractivity (Wildman–Crippen MR) is 117 cm³/mol. The average Bonchev–Trinajstić information content (AvgIpc) is 2.78. The Morgan fingerprint density at radius 2 is 1.57 bits per heavy atom. The van der Waals surface area contributed by atoms with E-state index in [-0.39, 0.29) is 11.3 Å². The van der Waals surface area contributed by atoms with Crippen LogP contribution in [0.2, 0.25) is 0 Å². The standard InChI is InChI=1S/C24H20N2O4/c1-29-20-12-6-5-11-19(20)26-22(25-18-10-4-3-9-17(18)24(26)28)15-14-16-8-7-13-21(30-2)23(16)27/h3-15,27H,1-2H3/b15-14+. The molecule has 0 aliphatic heterocycles. The molecule has 6 nitrogen and oxygen atoms in total. The van der Waals surface area contributed by atoms with E-state index in [1.165, 1.54) is 11.7 Å². The van der Waals surface area contributed by atoms with Crippen LogP contribution in [0.25, 0.3) is 28.7 Å². The Morgan fingerprint density at radius 1 is 0.867 bits per heavy atom. The SMILES string of the molecule is COc1ccccc1-n1c(/C=C/c2cccc(OC)c2O)nc2ccccc2c1=O. The van der Waals surface area contributed by atoms with E-state index in [0.717, 1.165) is 0 Å². The van der Waals surface area contributed by atoms with Gasteiger partial charge in [0.15, 0.2) is 11.5 Å². The quantitative estimate of drug-likeness (QED) is 0.541. The Morgan fingerprint density at radius 3 is 2.37 bits per heavy atom. The van der Waals surface area contributed by atoms with Crippen LogP contribution in [0.4, 0.5) is 0 Å². The molecule has 4 aromatic rings. The van der Waals surface area contributed by atoms with Crippen LogP contribution in [-0.2, 0) is 0 Å². The van der Waals surface area contributed by atoms with E-state index in [0.29, 0.717) is 39.5 Å². The van der Waals surface area contributed by atoms with E-state index in [4.69, 9.17) is 9.47 Å². The van der Waals surface area contributed by atoms with Gasteiger partial charge in [-0.25, -0.2) is 4.98 Å². The van der Waals surface area contributed by atoms with Gasteiger partial charge in [-0.05, 0) is 42.5 Å². The maximum absolute atomic E-state index is 13.4. The second-order valence-corrected chi connectivity index (χ2v) is 6.53. The number of benzene rings is 3. The van der Waals surface area contributed by atoms with Gasteiger partial charge in [-0.1, -0.05) is 36.4 Å². The number of phenolic OH excluding ortho intramolecular Hbond substituents is 1. The average molecular weight is 400 g/mol. The van der Waals surface area contributed by atoms with Gasteiger partial charge in [-0.3, -0.25) is 9.36 Å². The number of phenols is 1. The maximum atomic E-state index is 13.4. The smallest absolute Gasteiger partial charge is 0.266 e. The molecule has 1 aromatic heterocycles. The largest absolute Gasteiger partial charge is 0.504 e. The maximum Gasteiger partial charge on any atom is 0.266 e. The fourth-order valence-corrected chi connectivity index (χ4v) is 3.31. The third-order valence-corrected chi connectivity index (χ3v) is 4.79. The first kappa shape index (κ1) is 19.3. The van der Waals surface area contributed by atoms with Crippen molar-refractivity contribution in [1.29, 1.82) is 0 Å². The van der Waals surface area contributed by atoms with Crippen LogP contribution < -0.4 is 15.0 Å². The summed E-state index contributed by atoms with van der Waals surface area (Å²) in [5, 5.41) is 10.9. The van der Waals surface area contributed by atoms with E-state index in [1.54, 1.807) is 61.7 Å². The third-order valence-electron chi connectivity index (χ3n) is 4.79. The van der Waals surface area contributed by atoms with E-state index < -0.39 is 0 Å².